The molecule has 1 N–H and O–H groups in total. The van der Waals surface area contributed by atoms with E-state index in [2.05, 4.69) is 23.7 Å². The van der Waals surface area contributed by atoms with E-state index in [1.165, 1.54) is 29.5 Å². The van der Waals surface area contributed by atoms with Crippen LogP contribution in [-0.2, 0) is 4.74 Å². The number of ether oxygens (including phenoxy) is 1. The van der Waals surface area contributed by atoms with E-state index in [4.69, 9.17) is 4.74 Å². The van der Waals surface area contributed by atoms with Crippen LogP contribution in [0.25, 0.3) is 0 Å². The van der Waals surface area contributed by atoms with Gasteiger partial charge in [-0.25, -0.2) is 4.79 Å². The fraction of sp³-hybridized carbons (Fsp3) is 0.389. The largest absolute Gasteiger partial charge is 0.465 e. The molecule has 0 aliphatic carbocycles. The average molecular weight is 315 g/mol. The van der Waals surface area contributed by atoms with Gasteiger partial charge in [0, 0.05) is 10.9 Å². The smallest absolute Gasteiger partial charge is 0.337 e. The predicted molar refractivity (Wildman–Crippen MR) is 89.6 cm³/mol. The monoisotopic (exact) mass is 315 g/mol. The number of hydrogen-bond donors (Lipinski definition) is 1. The number of aryl methyl sites for hydroxylation is 1. The minimum atomic E-state index is -0.283. The summed E-state index contributed by atoms with van der Waals surface area (Å²) in [6, 6.07) is 10.4. The molecule has 0 amide bonds. The van der Waals surface area contributed by atoms with Crippen molar-refractivity contribution < 1.29 is 9.53 Å². The van der Waals surface area contributed by atoms with Gasteiger partial charge in [0.1, 0.15) is 0 Å². The van der Waals surface area contributed by atoms with Gasteiger partial charge in [0.2, 0.25) is 0 Å². The molecule has 116 valence electrons. The molecule has 2 atom stereocenters. The normalized spacial score (nSPS) is 21.5. The summed E-state index contributed by atoms with van der Waals surface area (Å²) < 4.78 is 4.75. The molecule has 3 rings (SSSR count). The van der Waals surface area contributed by atoms with Crippen molar-refractivity contribution in [2.45, 2.75) is 31.7 Å². The van der Waals surface area contributed by atoms with Gasteiger partial charge in [-0.2, -0.15) is 0 Å². The van der Waals surface area contributed by atoms with Gasteiger partial charge >= 0.3 is 5.97 Å². The second-order valence-electron chi connectivity index (χ2n) is 5.83. The highest BCUT2D eigenvalue weighted by Gasteiger charge is 2.24. The van der Waals surface area contributed by atoms with Crippen LogP contribution < -0.4 is 5.32 Å². The van der Waals surface area contributed by atoms with E-state index in [1.807, 2.05) is 35.6 Å². The molecular formula is C18H21NO2S. The Morgan fingerprint density at radius 1 is 1.27 bits per heavy atom. The first-order chi connectivity index (χ1) is 10.7. The lowest BCUT2D eigenvalue weighted by Gasteiger charge is -2.30. The summed E-state index contributed by atoms with van der Waals surface area (Å²) in [5, 5.41) is 5.89. The Morgan fingerprint density at radius 2 is 2.05 bits per heavy atom. The van der Waals surface area contributed by atoms with Crippen LogP contribution in [0, 0.1) is 6.92 Å². The molecule has 0 saturated carbocycles. The number of methoxy groups -OCH3 is 1. The van der Waals surface area contributed by atoms with Crippen molar-refractivity contribution in [3.8, 4) is 0 Å². The predicted octanol–water partition coefficient (Wildman–Crippen LogP) is 4.05. The van der Waals surface area contributed by atoms with E-state index >= 15 is 0 Å². The molecule has 1 aliphatic heterocycles. The van der Waals surface area contributed by atoms with E-state index in [0.717, 1.165) is 13.0 Å². The van der Waals surface area contributed by atoms with Crippen LogP contribution in [0.2, 0.25) is 0 Å². The van der Waals surface area contributed by atoms with Gasteiger partial charge in [0.05, 0.1) is 12.7 Å². The van der Waals surface area contributed by atoms with Crippen LogP contribution in [0.1, 0.15) is 51.2 Å². The van der Waals surface area contributed by atoms with Gasteiger partial charge < -0.3 is 10.1 Å². The van der Waals surface area contributed by atoms with Crippen molar-refractivity contribution >= 4 is 17.3 Å². The van der Waals surface area contributed by atoms with Gasteiger partial charge in [0.15, 0.2) is 0 Å². The third-order valence-corrected chi connectivity index (χ3v) is 5.24. The molecule has 1 aromatic heterocycles. The average Bonchev–Trinajstić information content (AvgIpc) is 3.01. The van der Waals surface area contributed by atoms with E-state index in [0.29, 0.717) is 17.5 Å². The molecule has 0 bridgehead atoms. The van der Waals surface area contributed by atoms with Gasteiger partial charge in [-0.05, 0) is 66.9 Å². The number of carbonyl (C=O) groups is 1. The first-order valence-electron chi connectivity index (χ1n) is 7.64. The van der Waals surface area contributed by atoms with Crippen molar-refractivity contribution in [1.29, 1.82) is 0 Å². The van der Waals surface area contributed by atoms with Crippen molar-refractivity contribution in [1.82, 2.24) is 5.32 Å². The van der Waals surface area contributed by atoms with Crippen LogP contribution in [0.15, 0.2) is 35.7 Å². The molecule has 2 aromatic rings. The third-order valence-electron chi connectivity index (χ3n) is 4.36. The van der Waals surface area contributed by atoms with Crippen LogP contribution in [0.3, 0.4) is 0 Å². The quantitative estimate of drug-likeness (QED) is 0.868. The molecule has 1 aromatic carbocycles. The molecule has 1 fully saturated rings. The third kappa shape index (κ3) is 3.23. The summed E-state index contributed by atoms with van der Waals surface area (Å²) in [5.41, 5.74) is 3.32. The number of carbonyl (C=O) groups excluding carboxylic acids is 1. The molecule has 1 saturated heterocycles. The van der Waals surface area contributed by atoms with Crippen LogP contribution in [0.4, 0.5) is 0 Å². The van der Waals surface area contributed by atoms with Gasteiger partial charge in [-0.1, -0.05) is 12.1 Å². The molecule has 0 radical (unpaired) electrons. The molecule has 3 nitrogen and oxygen atoms in total. The first kappa shape index (κ1) is 15.3. The molecule has 22 heavy (non-hydrogen) atoms. The molecule has 0 spiro atoms. The zero-order chi connectivity index (χ0) is 15.5. The summed E-state index contributed by atoms with van der Waals surface area (Å²) in [7, 11) is 1.41. The fourth-order valence-electron chi connectivity index (χ4n) is 3.12. The summed E-state index contributed by atoms with van der Waals surface area (Å²) >= 11 is 1.83. The summed E-state index contributed by atoms with van der Waals surface area (Å²) in [4.78, 5) is 12.9. The molecule has 2 heterocycles. The van der Waals surface area contributed by atoms with Crippen molar-refractivity contribution in [3.05, 3.63) is 57.3 Å². The zero-order valence-electron chi connectivity index (χ0n) is 13.0. The number of piperidine rings is 1. The van der Waals surface area contributed by atoms with Crippen LogP contribution in [-0.4, -0.2) is 19.6 Å². The molecule has 2 unspecified atom stereocenters. The van der Waals surface area contributed by atoms with E-state index in [1.54, 1.807) is 0 Å². The number of nitrogens with one attached hydrogen (secondary N) is 1. The number of benzene rings is 1. The van der Waals surface area contributed by atoms with Crippen molar-refractivity contribution in [3.63, 3.8) is 0 Å². The maximum Gasteiger partial charge on any atom is 0.337 e. The summed E-state index contributed by atoms with van der Waals surface area (Å²) in [6.45, 7) is 3.20. The Kier molecular flexibility index (Phi) is 4.60. The Balaban J connectivity index is 1.73. The lowest BCUT2D eigenvalue weighted by atomic mass is 9.85. The Bertz CT molecular complexity index is 647. The Morgan fingerprint density at radius 3 is 2.68 bits per heavy atom. The number of rotatable bonds is 3. The number of esters is 1. The minimum absolute atomic E-state index is 0.283. The van der Waals surface area contributed by atoms with E-state index in [-0.39, 0.29) is 5.97 Å². The Hall–Kier alpha value is -1.65. The Labute approximate surface area is 135 Å². The van der Waals surface area contributed by atoms with Crippen molar-refractivity contribution in [2.24, 2.45) is 0 Å². The van der Waals surface area contributed by atoms with Gasteiger partial charge in [-0.15, -0.1) is 11.3 Å². The maximum atomic E-state index is 11.5. The summed E-state index contributed by atoms with van der Waals surface area (Å²) in [6.07, 6.45) is 2.29. The number of hydrogen-bond acceptors (Lipinski definition) is 4. The fourth-order valence-corrected chi connectivity index (χ4v) is 3.91. The number of thiophene rings is 1. The molecular weight excluding hydrogens is 294 g/mol. The molecule has 4 heteroatoms. The van der Waals surface area contributed by atoms with Gasteiger partial charge in [0.25, 0.3) is 0 Å². The van der Waals surface area contributed by atoms with Crippen LogP contribution in [0.5, 0.6) is 0 Å². The SMILES string of the molecule is COC(=O)c1ccc(C2CC(c3csc(C)c3)CCN2)cc1. The summed E-state index contributed by atoms with van der Waals surface area (Å²) in [5.74, 6) is 0.339. The highest BCUT2D eigenvalue weighted by molar-refractivity contribution is 7.10. The minimum Gasteiger partial charge on any atom is -0.465 e. The maximum absolute atomic E-state index is 11.5. The highest BCUT2D eigenvalue weighted by Crippen LogP contribution is 2.35. The second-order valence-corrected chi connectivity index (χ2v) is 6.95. The lowest BCUT2D eigenvalue weighted by Crippen LogP contribution is -2.30. The zero-order valence-corrected chi connectivity index (χ0v) is 13.8. The molecule has 1 aliphatic rings. The van der Waals surface area contributed by atoms with Gasteiger partial charge in [-0.3, -0.25) is 0 Å². The second kappa shape index (κ2) is 6.63. The first-order valence-corrected chi connectivity index (χ1v) is 8.52. The topological polar surface area (TPSA) is 38.3 Å². The van der Waals surface area contributed by atoms with Crippen LogP contribution >= 0.6 is 11.3 Å². The highest BCUT2D eigenvalue weighted by atomic mass is 32.1. The van der Waals surface area contributed by atoms with E-state index < -0.39 is 0 Å². The standard InChI is InChI=1S/C18H21NO2S/c1-12-9-16(11-22-12)15-7-8-19-17(10-15)13-3-5-14(6-4-13)18(20)21-2/h3-6,9,11,15,17,19H,7-8,10H2,1-2H3. The van der Waals surface area contributed by atoms with E-state index in [9.17, 15) is 4.79 Å². The lowest BCUT2D eigenvalue weighted by molar-refractivity contribution is 0.0600. The van der Waals surface area contributed by atoms with Crippen molar-refractivity contribution in [2.75, 3.05) is 13.7 Å².